The molecule has 1 atom stereocenters. The van der Waals surface area contributed by atoms with Crippen LogP contribution in [-0.4, -0.2) is 32.5 Å². The number of hydrogen-bond acceptors (Lipinski definition) is 3. The van der Waals surface area contributed by atoms with Crippen LogP contribution in [0.15, 0.2) is 0 Å². The maximum Gasteiger partial charge on any atom is 0.153 e. The highest BCUT2D eigenvalue weighted by molar-refractivity contribution is 7.91. The maximum absolute atomic E-state index is 11.5. The molecular formula is C11H21NO2S. The molecular weight excluding hydrogens is 210 g/mol. The maximum atomic E-state index is 11.5. The van der Waals surface area contributed by atoms with Gasteiger partial charge in [-0.05, 0) is 18.8 Å². The second kappa shape index (κ2) is 4.83. The highest BCUT2D eigenvalue weighted by Gasteiger charge is 2.30. The zero-order chi connectivity index (χ0) is 10.7. The predicted molar refractivity (Wildman–Crippen MR) is 61.6 cm³/mol. The smallest absolute Gasteiger partial charge is 0.153 e. The third-order valence-electron chi connectivity index (χ3n) is 3.72. The van der Waals surface area contributed by atoms with Crippen LogP contribution in [0.3, 0.4) is 0 Å². The summed E-state index contributed by atoms with van der Waals surface area (Å²) in [6.45, 7) is 0.656. The first-order valence-corrected chi connectivity index (χ1v) is 7.93. The average Bonchev–Trinajstić information content (AvgIpc) is 2.44. The molecule has 88 valence electrons. The van der Waals surface area contributed by atoms with Gasteiger partial charge in [0, 0.05) is 12.6 Å². The summed E-state index contributed by atoms with van der Waals surface area (Å²) in [5.41, 5.74) is 0. The van der Waals surface area contributed by atoms with Crippen molar-refractivity contribution in [1.29, 1.82) is 0 Å². The molecule has 3 nitrogen and oxygen atoms in total. The number of hydrogen-bond donors (Lipinski definition) is 1. The monoisotopic (exact) mass is 231 g/mol. The van der Waals surface area contributed by atoms with Gasteiger partial charge in [0.15, 0.2) is 9.84 Å². The molecule has 4 heteroatoms. The number of sulfone groups is 1. The van der Waals surface area contributed by atoms with Gasteiger partial charge in [0.05, 0.1) is 11.5 Å². The largest absolute Gasteiger partial charge is 0.312 e. The van der Waals surface area contributed by atoms with Gasteiger partial charge < -0.3 is 5.32 Å². The van der Waals surface area contributed by atoms with Gasteiger partial charge in [-0.15, -0.1) is 0 Å². The fourth-order valence-electron chi connectivity index (χ4n) is 2.83. The molecule has 0 bridgehead atoms. The lowest BCUT2D eigenvalue weighted by Crippen LogP contribution is -2.48. The number of rotatable bonds is 1. The number of nitrogens with one attached hydrogen (secondary N) is 1. The van der Waals surface area contributed by atoms with Gasteiger partial charge in [-0.25, -0.2) is 8.42 Å². The summed E-state index contributed by atoms with van der Waals surface area (Å²) in [4.78, 5) is 0. The van der Waals surface area contributed by atoms with E-state index in [2.05, 4.69) is 5.32 Å². The Labute approximate surface area is 92.6 Å². The second-order valence-corrected chi connectivity index (χ2v) is 7.16. The Morgan fingerprint density at radius 2 is 1.67 bits per heavy atom. The van der Waals surface area contributed by atoms with Crippen molar-refractivity contribution in [3.63, 3.8) is 0 Å². The highest BCUT2D eigenvalue weighted by atomic mass is 32.2. The zero-order valence-corrected chi connectivity index (χ0v) is 10.1. The van der Waals surface area contributed by atoms with Gasteiger partial charge in [0.25, 0.3) is 0 Å². The molecule has 2 aliphatic rings. The van der Waals surface area contributed by atoms with Crippen molar-refractivity contribution in [2.24, 2.45) is 5.92 Å². The Hall–Kier alpha value is -0.0900. The van der Waals surface area contributed by atoms with E-state index in [1.165, 1.54) is 38.5 Å². The molecule has 1 unspecified atom stereocenters. The minimum absolute atomic E-state index is 0.238. The molecule has 1 heterocycles. The van der Waals surface area contributed by atoms with Crippen LogP contribution < -0.4 is 5.32 Å². The van der Waals surface area contributed by atoms with E-state index < -0.39 is 9.84 Å². The lowest BCUT2D eigenvalue weighted by molar-refractivity contribution is 0.337. The second-order valence-electron chi connectivity index (χ2n) is 4.93. The van der Waals surface area contributed by atoms with Crippen molar-refractivity contribution in [3.8, 4) is 0 Å². The van der Waals surface area contributed by atoms with E-state index in [0.29, 0.717) is 24.0 Å². The van der Waals surface area contributed by atoms with Crippen LogP contribution in [0.1, 0.15) is 38.5 Å². The standard InChI is InChI=1S/C11H21NO2S/c13-15(14)8-7-12-11(9-15)10-5-3-1-2-4-6-10/h10-12H,1-9H2. The minimum Gasteiger partial charge on any atom is -0.312 e. The molecule has 0 aromatic heterocycles. The van der Waals surface area contributed by atoms with Crippen LogP contribution in [0, 0.1) is 5.92 Å². The summed E-state index contributed by atoms with van der Waals surface area (Å²) < 4.78 is 23.1. The van der Waals surface area contributed by atoms with Crippen molar-refractivity contribution in [3.05, 3.63) is 0 Å². The Morgan fingerprint density at radius 3 is 2.27 bits per heavy atom. The van der Waals surface area contributed by atoms with E-state index in [1.54, 1.807) is 0 Å². The Balaban J connectivity index is 1.96. The Morgan fingerprint density at radius 1 is 1.00 bits per heavy atom. The van der Waals surface area contributed by atoms with E-state index in [0.717, 1.165) is 0 Å². The summed E-state index contributed by atoms with van der Waals surface area (Å²) in [5.74, 6) is 1.30. The summed E-state index contributed by atoms with van der Waals surface area (Å²) in [6.07, 6.45) is 7.65. The third-order valence-corrected chi connectivity index (χ3v) is 5.42. The van der Waals surface area contributed by atoms with Crippen LogP contribution in [0.4, 0.5) is 0 Å². The van der Waals surface area contributed by atoms with Gasteiger partial charge in [-0.3, -0.25) is 0 Å². The van der Waals surface area contributed by atoms with Crippen LogP contribution in [-0.2, 0) is 9.84 Å². The van der Waals surface area contributed by atoms with Gasteiger partial charge >= 0.3 is 0 Å². The summed E-state index contributed by atoms with van der Waals surface area (Å²) in [5, 5.41) is 3.39. The van der Waals surface area contributed by atoms with Crippen LogP contribution in [0.2, 0.25) is 0 Å². The summed E-state index contributed by atoms with van der Waals surface area (Å²) >= 11 is 0. The molecule has 1 N–H and O–H groups in total. The predicted octanol–water partition coefficient (Wildman–Crippen LogP) is 1.34. The van der Waals surface area contributed by atoms with Crippen molar-refractivity contribution in [1.82, 2.24) is 5.32 Å². The Bertz CT molecular complexity index is 292. The van der Waals surface area contributed by atoms with Crippen molar-refractivity contribution >= 4 is 9.84 Å². The molecule has 0 aromatic carbocycles. The molecule has 0 radical (unpaired) electrons. The first-order valence-electron chi connectivity index (χ1n) is 6.11. The lowest BCUT2D eigenvalue weighted by atomic mass is 9.93. The van der Waals surface area contributed by atoms with Gasteiger partial charge in [0.2, 0.25) is 0 Å². The fraction of sp³-hybridized carbons (Fsp3) is 1.00. The van der Waals surface area contributed by atoms with Crippen LogP contribution in [0.5, 0.6) is 0 Å². The van der Waals surface area contributed by atoms with Gasteiger partial charge in [-0.2, -0.15) is 0 Å². The molecule has 1 saturated heterocycles. The minimum atomic E-state index is -2.76. The first-order chi connectivity index (χ1) is 7.17. The summed E-state index contributed by atoms with van der Waals surface area (Å²) in [7, 11) is -2.76. The van der Waals surface area contributed by atoms with Crippen LogP contribution in [0.25, 0.3) is 0 Å². The van der Waals surface area contributed by atoms with E-state index in [1.807, 2.05) is 0 Å². The molecule has 2 fully saturated rings. The van der Waals surface area contributed by atoms with E-state index in [-0.39, 0.29) is 6.04 Å². The van der Waals surface area contributed by atoms with E-state index in [9.17, 15) is 8.42 Å². The van der Waals surface area contributed by atoms with Crippen molar-refractivity contribution in [2.75, 3.05) is 18.1 Å². The fourth-order valence-corrected chi connectivity index (χ4v) is 4.36. The molecule has 0 aromatic rings. The van der Waals surface area contributed by atoms with Crippen LogP contribution >= 0.6 is 0 Å². The first kappa shape index (κ1) is 11.4. The molecule has 1 saturated carbocycles. The molecule has 0 spiro atoms. The molecule has 1 aliphatic heterocycles. The summed E-state index contributed by atoms with van der Waals surface area (Å²) in [6, 6.07) is 0.238. The third kappa shape index (κ3) is 3.18. The molecule has 2 rings (SSSR count). The van der Waals surface area contributed by atoms with Crippen molar-refractivity contribution in [2.45, 2.75) is 44.6 Å². The Kier molecular flexibility index (Phi) is 3.67. The zero-order valence-electron chi connectivity index (χ0n) is 9.24. The quantitative estimate of drug-likeness (QED) is 0.693. The lowest BCUT2D eigenvalue weighted by Gasteiger charge is -2.30. The average molecular weight is 231 g/mol. The van der Waals surface area contributed by atoms with Gasteiger partial charge in [0.1, 0.15) is 0 Å². The van der Waals surface area contributed by atoms with Gasteiger partial charge in [-0.1, -0.05) is 25.7 Å². The molecule has 0 amide bonds. The van der Waals surface area contributed by atoms with Crippen molar-refractivity contribution < 1.29 is 8.42 Å². The van der Waals surface area contributed by atoms with E-state index >= 15 is 0 Å². The van der Waals surface area contributed by atoms with E-state index in [4.69, 9.17) is 0 Å². The molecule has 1 aliphatic carbocycles. The SMILES string of the molecule is O=S1(=O)CCNC(C2CCCCCC2)C1. The molecule has 15 heavy (non-hydrogen) atoms. The topological polar surface area (TPSA) is 46.2 Å². The highest BCUT2D eigenvalue weighted by Crippen LogP contribution is 2.27. The normalized spacial score (nSPS) is 33.5.